The van der Waals surface area contributed by atoms with Crippen LogP contribution in [0.15, 0.2) is 41.3 Å². The van der Waals surface area contributed by atoms with Crippen molar-refractivity contribution in [2.75, 3.05) is 13.1 Å². The highest BCUT2D eigenvalue weighted by Crippen LogP contribution is 2.22. The zero-order valence-electron chi connectivity index (χ0n) is 14.6. The van der Waals surface area contributed by atoms with Crippen LogP contribution in [0.2, 0.25) is 5.02 Å². The number of likely N-dealkylation sites (tertiary alicyclic amines) is 1. The van der Waals surface area contributed by atoms with E-state index >= 15 is 0 Å². The van der Waals surface area contributed by atoms with Gasteiger partial charge in [0, 0.05) is 19.3 Å². The molecule has 3 aromatic rings. The van der Waals surface area contributed by atoms with Crippen molar-refractivity contribution in [3.8, 4) is 0 Å². The lowest BCUT2D eigenvalue weighted by molar-refractivity contribution is 0.0729. The van der Waals surface area contributed by atoms with Crippen LogP contribution in [-0.4, -0.2) is 33.3 Å². The number of halogens is 1. The van der Waals surface area contributed by atoms with Gasteiger partial charge in [-0.3, -0.25) is 14.0 Å². The fourth-order valence-corrected chi connectivity index (χ4v) is 4.28. The minimum atomic E-state index is -0.358. The molecule has 4 rings (SSSR count). The molecule has 5 nitrogen and oxygen atoms in total. The molecule has 1 aliphatic heterocycles. The number of amides is 1. The van der Waals surface area contributed by atoms with Crippen molar-refractivity contribution in [1.29, 1.82) is 0 Å². The van der Waals surface area contributed by atoms with E-state index in [4.69, 9.17) is 11.6 Å². The molecule has 27 heavy (non-hydrogen) atoms. The van der Waals surface area contributed by atoms with Crippen molar-refractivity contribution >= 4 is 46.0 Å². The average molecular weight is 400 g/mol. The summed E-state index contributed by atoms with van der Waals surface area (Å²) < 4.78 is 1.37. The quantitative estimate of drug-likeness (QED) is 0.663. The van der Waals surface area contributed by atoms with Gasteiger partial charge in [-0.1, -0.05) is 59.3 Å². The molecule has 0 N–H and O–H groups in total. The van der Waals surface area contributed by atoms with Crippen LogP contribution in [0.5, 0.6) is 0 Å². The second-order valence-corrected chi connectivity index (χ2v) is 7.85. The van der Waals surface area contributed by atoms with Gasteiger partial charge in [-0.2, -0.15) is 0 Å². The van der Waals surface area contributed by atoms with Crippen LogP contribution in [-0.2, 0) is 0 Å². The van der Waals surface area contributed by atoms with Gasteiger partial charge >= 0.3 is 0 Å². The first-order chi connectivity index (χ1) is 13.1. The van der Waals surface area contributed by atoms with Crippen LogP contribution in [0.25, 0.3) is 17.1 Å². The maximum Gasteiger partial charge on any atom is 0.277 e. The number of hydrogen-bond acceptors (Lipinski definition) is 4. The molecular weight excluding hydrogens is 382 g/mol. The largest absolute Gasteiger partial charge is 0.338 e. The number of hydrogen-bond donors (Lipinski definition) is 0. The van der Waals surface area contributed by atoms with E-state index in [1.54, 1.807) is 12.3 Å². The highest BCUT2D eigenvalue weighted by Gasteiger charge is 2.22. The van der Waals surface area contributed by atoms with Crippen LogP contribution >= 0.6 is 22.9 Å². The summed E-state index contributed by atoms with van der Waals surface area (Å²) in [7, 11) is 0. The van der Waals surface area contributed by atoms with Gasteiger partial charge in [0.05, 0.1) is 5.69 Å². The Morgan fingerprint density at radius 2 is 1.85 bits per heavy atom. The van der Waals surface area contributed by atoms with Crippen molar-refractivity contribution in [2.45, 2.75) is 19.3 Å². The number of aromatic nitrogens is 2. The van der Waals surface area contributed by atoms with Gasteiger partial charge in [0.25, 0.3) is 11.5 Å². The molecule has 0 aliphatic carbocycles. The molecule has 1 aliphatic rings. The van der Waals surface area contributed by atoms with Crippen molar-refractivity contribution in [3.05, 3.63) is 68.0 Å². The lowest BCUT2D eigenvalue weighted by Gasteiger charge is -2.25. The molecule has 1 fully saturated rings. The molecule has 2 aromatic heterocycles. The van der Waals surface area contributed by atoms with Crippen molar-refractivity contribution in [1.82, 2.24) is 14.3 Å². The molecule has 0 bridgehead atoms. The molecule has 3 heterocycles. The molecule has 0 radical (unpaired) electrons. The van der Waals surface area contributed by atoms with Gasteiger partial charge in [0.2, 0.25) is 0 Å². The minimum Gasteiger partial charge on any atom is -0.338 e. The molecule has 7 heteroatoms. The zero-order chi connectivity index (χ0) is 18.8. The number of carbonyl (C=O) groups excluding carboxylic acids is 1. The van der Waals surface area contributed by atoms with E-state index < -0.39 is 0 Å². The first-order valence-corrected chi connectivity index (χ1v) is 10.1. The lowest BCUT2D eigenvalue weighted by Crippen LogP contribution is -2.35. The fraction of sp³-hybridized carbons (Fsp3) is 0.250. The van der Waals surface area contributed by atoms with Gasteiger partial charge < -0.3 is 4.90 Å². The molecular formula is C20H18ClN3O2S. The highest BCUT2D eigenvalue weighted by atomic mass is 35.5. The highest BCUT2D eigenvalue weighted by molar-refractivity contribution is 7.18. The van der Waals surface area contributed by atoms with Gasteiger partial charge in [-0.15, -0.1) is 0 Å². The standard InChI is InChI=1S/C20H18ClN3O2S/c21-17-15(10-9-14-7-3-1-4-8-14)22-20-24(19(17)26)13-16(27-20)18(25)23-11-5-2-6-12-23/h1,3-4,7-10,13H,2,5-6,11-12H2. The zero-order valence-corrected chi connectivity index (χ0v) is 16.2. The smallest absolute Gasteiger partial charge is 0.277 e. The molecule has 0 spiro atoms. The summed E-state index contributed by atoms with van der Waals surface area (Å²) in [4.78, 5) is 32.6. The third kappa shape index (κ3) is 3.68. The number of benzene rings is 1. The van der Waals surface area contributed by atoms with E-state index in [1.165, 1.54) is 15.7 Å². The summed E-state index contributed by atoms with van der Waals surface area (Å²) >= 11 is 7.46. The number of thiazole rings is 1. The Morgan fingerprint density at radius 3 is 2.59 bits per heavy atom. The molecule has 1 saturated heterocycles. The Bertz CT molecular complexity index is 1070. The number of piperidine rings is 1. The van der Waals surface area contributed by atoms with E-state index in [-0.39, 0.29) is 16.5 Å². The monoisotopic (exact) mass is 399 g/mol. The minimum absolute atomic E-state index is 0.0397. The number of fused-ring (bicyclic) bond motifs is 1. The van der Waals surface area contributed by atoms with E-state index in [2.05, 4.69) is 4.98 Å². The number of nitrogens with zero attached hydrogens (tertiary/aromatic N) is 3. The molecule has 0 atom stereocenters. The Morgan fingerprint density at radius 1 is 1.11 bits per heavy atom. The predicted octanol–water partition coefficient (Wildman–Crippen LogP) is 4.21. The Hall–Kier alpha value is -2.44. The lowest BCUT2D eigenvalue weighted by atomic mass is 10.1. The molecule has 0 saturated carbocycles. The second-order valence-electron chi connectivity index (χ2n) is 6.46. The van der Waals surface area contributed by atoms with Gasteiger partial charge in [-0.05, 0) is 30.9 Å². The van der Waals surface area contributed by atoms with Crippen molar-refractivity contribution < 1.29 is 4.79 Å². The van der Waals surface area contributed by atoms with Crippen molar-refractivity contribution in [2.24, 2.45) is 0 Å². The van der Waals surface area contributed by atoms with E-state index in [9.17, 15) is 9.59 Å². The van der Waals surface area contributed by atoms with Crippen LogP contribution in [0, 0.1) is 0 Å². The summed E-state index contributed by atoms with van der Waals surface area (Å²) in [6.07, 6.45) is 8.35. The van der Waals surface area contributed by atoms with Gasteiger partial charge in [0.15, 0.2) is 4.96 Å². The maximum absolute atomic E-state index is 12.7. The summed E-state index contributed by atoms with van der Waals surface area (Å²) in [6, 6.07) is 9.72. The summed E-state index contributed by atoms with van der Waals surface area (Å²) in [5.74, 6) is -0.0397. The Kier molecular flexibility index (Phi) is 5.09. The summed E-state index contributed by atoms with van der Waals surface area (Å²) in [5.41, 5.74) is 1.04. The Balaban J connectivity index is 1.69. The molecule has 1 aromatic carbocycles. The molecule has 0 unspecified atom stereocenters. The fourth-order valence-electron chi connectivity index (χ4n) is 3.14. The average Bonchev–Trinajstić information content (AvgIpc) is 3.15. The predicted molar refractivity (Wildman–Crippen MR) is 109 cm³/mol. The third-order valence-corrected chi connectivity index (χ3v) is 5.91. The van der Waals surface area contributed by atoms with Gasteiger partial charge in [0.1, 0.15) is 9.90 Å². The van der Waals surface area contributed by atoms with E-state index in [1.807, 2.05) is 41.3 Å². The van der Waals surface area contributed by atoms with Crippen LogP contribution < -0.4 is 5.56 Å². The van der Waals surface area contributed by atoms with Crippen LogP contribution in [0.4, 0.5) is 0 Å². The van der Waals surface area contributed by atoms with E-state index in [0.29, 0.717) is 15.5 Å². The summed E-state index contributed by atoms with van der Waals surface area (Å²) in [5, 5.41) is 0.0504. The third-order valence-electron chi connectivity index (χ3n) is 4.59. The van der Waals surface area contributed by atoms with Gasteiger partial charge in [-0.25, -0.2) is 4.98 Å². The van der Waals surface area contributed by atoms with Crippen LogP contribution in [0.1, 0.15) is 40.2 Å². The SMILES string of the molecule is O=C(c1cn2c(=O)c(Cl)c(C=Cc3ccccc3)nc2s1)N1CCCCC1. The molecule has 1 amide bonds. The Labute approximate surface area is 165 Å². The normalized spacial score (nSPS) is 14.9. The first kappa shape index (κ1) is 17.9. The van der Waals surface area contributed by atoms with E-state index in [0.717, 1.165) is 37.9 Å². The van der Waals surface area contributed by atoms with Crippen LogP contribution in [0.3, 0.4) is 0 Å². The maximum atomic E-state index is 12.7. The number of rotatable bonds is 3. The van der Waals surface area contributed by atoms with Crippen molar-refractivity contribution in [3.63, 3.8) is 0 Å². The first-order valence-electron chi connectivity index (χ1n) is 8.87. The number of carbonyl (C=O) groups is 1. The summed E-state index contributed by atoms with van der Waals surface area (Å²) in [6.45, 7) is 1.53. The topological polar surface area (TPSA) is 54.7 Å². The molecule has 138 valence electrons. The second kappa shape index (κ2) is 7.66.